The Hall–Kier alpha value is -1.59. The summed E-state index contributed by atoms with van der Waals surface area (Å²) in [4.78, 5) is 14.5. The van der Waals surface area contributed by atoms with Gasteiger partial charge in [0.15, 0.2) is 0 Å². The molecule has 1 fully saturated rings. The Labute approximate surface area is 145 Å². The molecule has 3 N–H and O–H groups in total. The molecule has 0 bridgehead atoms. The third-order valence-electron chi connectivity index (χ3n) is 4.61. The van der Waals surface area contributed by atoms with Crippen LogP contribution in [-0.2, 0) is 6.54 Å². The van der Waals surface area contributed by atoms with Gasteiger partial charge in [0.1, 0.15) is 0 Å². The van der Waals surface area contributed by atoms with Gasteiger partial charge < -0.3 is 15.7 Å². The Morgan fingerprint density at radius 1 is 1.33 bits per heavy atom. The molecule has 0 aromatic heterocycles. The van der Waals surface area contributed by atoms with E-state index in [-0.39, 0.29) is 24.1 Å². The number of urea groups is 1. The highest BCUT2D eigenvalue weighted by atomic mass is 16.3. The van der Waals surface area contributed by atoms with E-state index in [1.165, 1.54) is 5.56 Å². The van der Waals surface area contributed by atoms with Crippen LogP contribution in [0.2, 0.25) is 0 Å². The molecular weight excluding hydrogens is 302 g/mol. The van der Waals surface area contributed by atoms with E-state index in [9.17, 15) is 4.79 Å². The number of likely N-dealkylation sites (tertiary alicyclic amines) is 1. The first-order valence-electron chi connectivity index (χ1n) is 8.90. The smallest absolute Gasteiger partial charge is 0.315 e. The van der Waals surface area contributed by atoms with Crippen LogP contribution < -0.4 is 10.6 Å². The standard InChI is InChI=1S/C19H31N3O2/c1-19(2,10-12-23)15-20-18(24)21-17-9-6-11-22(14-17)13-16-7-4-3-5-8-16/h3-5,7-8,17,23H,6,9-15H2,1-2H3,(H2,20,21,24). The zero-order valence-corrected chi connectivity index (χ0v) is 14.9. The number of benzene rings is 1. The Morgan fingerprint density at radius 2 is 2.08 bits per heavy atom. The number of hydrogen-bond donors (Lipinski definition) is 3. The molecule has 0 aliphatic carbocycles. The van der Waals surface area contributed by atoms with Crippen molar-refractivity contribution >= 4 is 6.03 Å². The van der Waals surface area contributed by atoms with Crippen molar-refractivity contribution in [2.24, 2.45) is 5.41 Å². The van der Waals surface area contributed by atoms with Gasteiger partial charge in [0.2, 0.25) is 0 Å². The van der Waals surface area contributed by atoms with Crippen molar-refractivity contribution in [3.8, 4) is 0 Å². The van der Waals surface area contributed by atoms with Crippen LogP contribution in [-0.4, -0.2) is 48.3 Å². The number of carbonyl (C=O) groups excluding carboxylic acids is 1. The lowest BCUT2D eigenvalue weighted by atomic mass is 9.90. The highest BCUT2D eigenvalue weighted by Crippen LogP contribution is 2.18. The van der Waals surface area contributed by atoms with E-state index >= 15 is 0 Å². The number of aliphatic hydroxyl groups excluding tert-OH is 1. The van der Waals surface area contributed by atoms with Crippen LogP contribution >= 0.6 is 0 Å². The predicted molar refractivity (Wildman–Crippen MR) is 96.8 cm³/mol. The van der Waals surface area contributed by atoms with Crippen LogP contribution in [0.3, 0.4) is 0 Å². The molecule has 2 amide bonds. The van der Waals surface area contributed by atoms with Crippen molar-refractivity contribution in [1.82, 2.24) is 15.5 Å². The minimum absolute atomic E-state index is 0.0853. The Balaban J connectivity index is 1.75. The van der Waals surface area contributed by atoms with Crippen molar-refractivity contribution in [2.45, 2.75) is 45.7 Å². The van der Waals surface area contributed by atoms with Gasteiger partial charge in [-0.05, 0) is 36.8 Å². The predicted octanol–water partition coefficient (Wildman–Crippen LogP) is 2.36. The van der Waals surface area contributed by atoms with Gasteiger partial charge in [-0.1, -0.05) is 44.2 Å². The number of carbonyl (C=O) groups is 1. The second-order valence-corrected chi connectivity index (χ2v) is 7.52. The molecule has 0 spiro atoms. The van der Waals surface area contributed by atoms with E-state index in [1.54, 1.807) is 0 Å². The first-order chi connectivity index (χ1) is 11.5. The van der Waals surface area contributed by atoms with E-state index in [0.29, 0.717) is 13.0 Å². The van der Waals surface area contributed by atoms with Crippen molar-refractivity contribution in [1.29, 1.82) is 0 Å². The molecule has 5 nitrogen and oxygen atoms in total. The van der Waals surface area contributed by atoms with Crippen LogP contribution in [0.25, 0.3) is 0 Å². The van der Waals surface area contributed by atoms with Gasteiger partial charge in [-0.3, -0.25) is 4.90 Å². The van der Waals surface area contributed by atoms with Crippen LogP contribution in [0.5, 0.6) is 0 Å². The first kappa shape index (κ1) is 18.7. The van der Waals surface area contributed by atoms with Gasteiger partial charge >= 0.3 is 6.03 Å². The van der Waals surface area contributed by atoms with Crippen molar-refractivity contribution < 1.29 is 9.90 Å². The summed E-state index contributed by atoms with van der Waals surface area (Å²) in [6.45, 7) is 7.72. The number of amides is 2. The molecule has 1 saturated heterocycles. The number of nitrogens with one attached hydrogen (secondary N) is 2. The fourth-order valence-electron chi connectivity index (χ4n) is 3.11. The summed E-state index contributed by atoms with van der Waals surface area (Å²) in [6, 6.07) is 10.6. The van der Waals surface area contributed by atoms with Gasteiger partial charge in [-0.2, -0.15) is 0 Å². The first-order valence-corrected chi connectivity index (χ1v) is 8.90. The van der Waals surface area contributed by atoms with Crippen molar-refractivity contribution in [3.63, 3.8) is 0 Å². The van der Waals surface area contributed by atoms with Gasteiger partial charge in [0.25, 0.3) is 0 Å². The minimum atomic E-state index is -0.104. The number of rotatable bonds is 7. The van der Waals surface area contributed by atoms with Crippen molar-refractivity contribution in [2.75, 3.05) is 26.2 Å². The summed E-state index contributed by atoms with van der Waals surface area (Å²) in [6.07, 6.45) is 2.81. The average Bonchev–Trinajstić information content (AvgIpc) is 2.54. The number of piperidine rings is 1. The van der Waals surface area contributed by atoms with E-state index in [1.807, 2.05) is 19.9 Å². The molecule has 24 heavy (non-hydrogen) atoms. The second-order valence-electron chi connectivity index (χ2n) is 7.52. The summed E-state index contributed by atoms with van der Waals surface area (Å²) in [5.74, 6) is 0. The Morgan fingerprint density at radius 3 is 2.79 bits per heavy atom. The van der Waals surface area contributed by atoms with E-state index in [2.05, 4.69) is 39.8 Å². The third-order valence-corrected chi connectivity index (χ3v) is 4.61. The number of hydrogen-bond acceptors (Lipinski definition) is 3. The molecule has 5 heteroatoms. The zero-order chi connectivity index (χ0) is 17.4. The van der Waals surface area contributed by atoms with Crippen molar-refractivity contribution in [3.05, 3.63) is 35.9 Å². The van der Waals surface area contributed by atoms with Crippen LogP contribution in [0.1, 0.15) is 38.7 Å². The molecule has 134 valence electrons. The lowest BCUT2D eigenvalue weighted by Crippen LogP contribution is -2.51. The Kier molecular flexibility index (Phi) is 7.06. The van der Waals surface area contributed by atoms with Crippen LogP contribution in [0, 0.1) is 5.41 Å². The zero-order valence-electron chi connectivity index (χ0n) is 14.9. The van der Waals surface area contributed by atoms with Gasteiger partial charge in [-0.25, -0.2) is 4.79 Å². The summed E-state index contributed by atoms with van der Waals surface area (Å²) in [5, 5.41) is 15.1. The molecule has 1 unspecified atom stereocenters. The van der Waals surface area contributed by atoms with Crippen LogP contribution in [0.4, 0.5) is 4.79 Å². The molecule has 1 heterocycles. The topological polar surface area (TPSA) is 64.6 Å². The van der Waals surface area contributed by atoms with E-state index in [4.69, 9.17) is 5.11 Å². The molecule has 1 aromatic rings. The summed E-state index contributed by atoms with van der Waals surface area (Å²) in [5.41, 5.74) is 1.23. The average molecular weight is 333 g/mol. The quantitative estimate of drug-likeness (QED) is 0.718. The molecule has 1 atom stereocenters. The highest BCUT2D eigenvalue weighted by molar-refractivity contribution is 5.74. The van der Waals surface area contributed by atoms with Gasteiger partial charge in [0.05, 0.1) is 0 Å². The number of aliphatic hydroxyl groups is 1. The molecule has 1 aliphatic heterocycles. The molecular formula is C19H31N3O2. The van der Waals surface area contributed by atoms with E-state index in [0.717, 1.165) is 32.5 Å². The highest BCUT2D eigenvalue weighted by Gasteiger charge is 2.23. The second kappa shape index (κ2) is 9.04. The summed E-state index contributed by atoms with van der Waals surface area (Å²) in [7, 11) is 0. The monoisotopic (exact) mass is 333 g/mol. The molecule has 0 radical (unpaired) electrons. The molecule has 1 aliphatic rings. The summed E-state index contributed by atoms with van der Waals surface area (Å²) < 4.78 is 0. The maximum absolute atomic E-state index is 12.1. The lowest BCUT2D eigenvalue weighted by molar-refractivity contribution is 0.175. The minimum Gasteiger partial charge on any atom is -0.396 e. The fraction of sp³-hybridized carbons (Fsp3) is 0.632. The van der Waals surface area contributed by atoms with Crippen LogP contribution in [0.15, 0.2) is 30.3 Å². The maximum Gasteiger partial charge on any atom is 0.315 e. The van der Waals surface area contributed by atoms with E-state index < -0.39 is 0 Å². The van der Waals surface area contributed by atoms with Gasteiger partial charge in [-0.15, -0.1) is 0 Å². The fourth-order valence-corrected chi connectivity index (χ4v) is 3.11. The summed E-state index contributed by atoms with van der Waals surface area (Å²) >= 11 is 0. The third kappa shape index (κ3) is 6.49. The van der Waals surface area contributed by atoms with Gasteiger partial charge in [0, 0.05) is 32.3 Å². The Bertz CT molecular complexity index is 505. The maximum atomic E-state index is 12.1. The lowest BCUT2D eigenvalue weighted by Gasteiger charge is -2.33. The normalized spacial score (nSPS) is 19.0. The SMILES string of the molecule is CC(C)(CCO)CNC(=O)NC1CCCN(Cc2ccccc2)C1. The molecule has 0 saturated carbocycles. The molecule has 2 rings (SSSR count). The molecule has 1 aromatic carbocycles. The largest absolute Gasteiger partial charge is 0.396 e. The number of nitrogens with zero attached hydrogens (tertiary/aromatic N) is 1.